The number of hydrogen-bond donors (Lipinski definition) is 1. The van der Waals surface area contributed by atoms with Crippen molar-refractivity contribution in [2.24, 2.45) is 7.05 Å². The summed E-state index contributed by atoms with van der Waals surface area (Å²) in [6.07, 6.45) is 6.05. The molecular weight excluding hydrogens is 262 g/mol. The van der Waals surface area contributed by atoms with Crippen LogP contribution in [0.2, 0.25) is 0 Å². The molecule has 19 heavy (non-hydrogen) atoms. The molecule has 0 saturated heterocycles. The van der Waals surface area contributed by atoms with Crippen molar-refractivity contribution in [3.63, 3.8) is 0 Å². The maximum absolute atomic E-state index is 11.8. The first-order chi connectivity index (χ1) is 9.03. The molecule has 0 radical (unpaired) electrons. The first kappa shape index (κ1) is 14.5. The van der Waals surface area contributed by atoms with Gasteiger partial charge in [0.1, 0.15) is 5.82 Å². The van der Waals surface area contributed by atoms with E-state index in [-0.39, 0.29) is 5.75 Å². The zero-order valence-electron chi connectivity index (χ0n) is 11.8. The minimum atomic E-state index is -3.16. The van der Waals surface area contributed by atoms with E-state index < -0.39 is 10.0 Å². The van der Waals surface area contributed by atoms with Crippen LogP contribution in [0.4, 0.5) is 0 Å². The van der Waals surface area contributed by atoms with Gasteiger partial charge in [-0.25, -0.2) is 18.1 Å². The second-order valence-corrected chi connectivity index (χ2v) is 7.11. The van der Waals surface area contributed by atoms with Crippen molar-refractivity contribution in [3.05, 3.63) is 17.2 Å². The van der Waals surface area contributed by atoms with Gasteiger partial charge in [0.25, 0.3) is 0 Å². The van der Waals surface area contributed by atoms with E-state index in [1.807, 2.05) is 14.0 Å². The predicted octanol–water partition coefficient (Wildman–Crippen LogP) is 1.52. The Kier molecular flexibility index (Phi) is 4.62. The highest BCUT2D eigenvalue weighted by Crippen LogP contribution is 2.21. The molecular formula is C13H23N3O2S. The van der Waals surface area contributed by atoms with Gasteiger partial charge < -0.3 is 4.57 Å². The second-order valence-electron chi connectivity index (χ2n) is 5.18. The van der Waals surface area contributed by atoms with Crippen LogP contribution in [0.25, 0.3) is 0 Å². The highest BCUT2D eigenvalue weighted by atomic mass is 32.2. The standard InChI is InChI=1S/C13H23N3O2S/c1-3-4-9-19(17,18)14-10-13-15-11-7-5-6-8-12(11)16(13)2/h14H,3-10H2,1-2H3. The average Bonchev–Trinajstić information content (AvgIpc) is 2.72. The van der Waals surface area contributed by atoms with Gasteiger partial charge in [0.15, 0.2) is 0 Å². The molecule has 1 aromatic heterocycles. The van der Waals surface area contributed by atoms with Gasteiger partial charge in [-0.2, -0.15) is 0 Å². The minimum absolute atomic E-state index is 0.202. The summed E-state index contributed by atoms with van der Waals surface area (Å²) in [4.78, 5) is 4.57. The Balaban J connectivity index is 2.02. The molecule has 0 fully saturated rings. The average molecular weight is 285 g/mol. The van der Waals surface area contributed by atoms with Crippen LogP contribution in [0.5, 0.6) is 0 Å². The van der Waals surface area contributed by atoms with E-state index in [4.69, 9.17) is 0 Å². The number of fused-ring (bicyclic) bond motifs is 1. The van der Waals surface area contributed by atoms with E-state index in [0.717, 1.165) is 30.8 Å². The third kappa shape index (κ3) is 3.57. The fourth-order valence-corrected chi connectivity index (χ4v) is 3.64. The number of rotatable bonds is 6. The molecule has 1 heterocycles. The van der Waals surface area contributed by atoms with Crippen LogP contribution < -0.4 is 4.72 Å². The van der Waals surface area contributed by atoms with Gasteiger partial charge in [-0.05, 0) is 32.1 Å². The fourth-order valence-electron chi connectivity index (χ4n) is 2.48. The summed E-state index contributed by atoms with van der Waals surface area (Å²) in [6, 6.07) is 0. The quantitative estimate of drug-likeness (QED) is 0.862. The summed E-state index contributed by atoms with van der Waals surface area (Å²) in [5, 5.41) is 0. The van der Waals surface area contributed by atoms with Gasteiger partial charge in [-0.3, -0.25) is 0 Å². The molecule has 108 valence electrons. The number of aryl methyl sites for hydroxylation is 1. The van der Waals surface area contributed by atoms with E-state index in [0.29, 0.717) is 13.0 Å². The highest BCUT2D eigenvalue weighted by Gasteiger charge is 2.18. The molecule has 0 amide bonds. The van der Waals surface area contributed by atoms with Gasteiger partial charge in [0, 0.05) is 12.7 Å². The maximum Gasteiger partial charge on any atom is 0.212 e. The van der Waals surface area contributed by atoms with Crippen LogP contribution in [-0.4, -0.2) is 23.7 Å². The second kappa shape index (κ2) is 6.05. The molecule has 0 aliphatic heterocycles. The van der Waals surface area contributed by atoms with Crippen molar-refractivity contribution in [3.8, 4) is 0 Å². The lowest BCUT2D eigenvalue weighted by Crippen LogP contribution is -2.27. The lowest BCUT2D eigenvalue weighted by Gasteiger charge is -2.11. The highest BCUT2D eigenvalue weighted by molar-refractivity contribution is 7.89. The maximum atomic E-state index is 11.8. The molecule has 2 rings (SSSR count). The Morgan fingerprint density at radius 3 is 2.74 bits per heavy atom. The Hall–Kier alpha value is -0.880. The van der Waals surface area contributed by atoms with Crippen molar-refractivity contribution in [2.45, 2.75) is 52.0 Å². The molecule has 0 unspecified atom stereocenters. The molecule has 0 aromatic carbocycles. The topological polar surface area (TPSA) is 64.0 Å². The lowest BCUT2D eigenvalue weighted by atomic mass is 10.0. The molecule has 1 aliphatic carbocycles. The molecule has 6 heteroatoms. The van der Waals surface area contributed by atoms with Crippen LogP contribution in [0.3, 0.4) is 0 Å². The molecule has 1 aromatic rings. The van der Waals surface area contributed by atoms with Gasteiger partial charge in [-0.1, -0.05) is 13.3 Å². The predicted molar refractivity (Wildman–Crippen MR) is 75.4 cm³/mol. The molecule has 0 spiro atoms. The zero-order chi connectivity index (χ0) is 13.9. The van der Waals surface area contributed by atoms with Crippen molar-refractivity contribution >= 4 is 10.0 Å². The normalized spacial score (nSPS) is 15.5. The number of nitrogens with one attached hydrogen (secondary N) is 1. The number of nitrogens with zero attached hydrogens (tertiary/aromatic N) is 2. The Morgan fingerprint density at radius 2 is 2.05 bits per heavy atom. The zero-order valence-corrected chi connectivity index (χ0v) is 12.6. The number of aromatic nitrogens is 2. The van der Waals surface area contributed by atoms with E-state index in [1.54, 1.807) is 0 Å². The van der Waals surface area contributed by atoms with Crippen molar-refractivity contribution < 1.29 is 8.42 Å². The lowest BCUT2D eigenvalue weighted by molar-refractivity contribution is 0.573. The number of imidazole rings is 1. The van der Waals surface area contributed by atoms with Gasteiger partial charge in [0.05, 0.1) is 18.0 Å². The van der Waals surface area contributed by atoms with Crippen LogP contribution >= 0.6 is 0 Å². The summed E-state index contributed by atoms with van der Waals surface area (Å²) >= 11 is 0. The molecule has 1 N–H and O–H groups in total. The first-order valence-electron chi connectivity index (χ1n) is 7.04. The van der Waals surface area contributed by atoms with E-state index in [9.17, 15) is 8.42 Å². The monoisotopic (exact) mass is 285 g/mol. The number of sulfonamides is 1. The summed E-state index contributed by atoms with van der Waals surface area (Å²) in [5.74, 6) is 1.03. The molecule has 5 nitrogen and oxygen atoms in total. The van der Waals surface area contributed by atoms with Gasteiger partial charge in [0.2, 0.25) is 10.0 Å². The summed E-state index contributed by atoms with van der Waals surface area (Å²) in [5.41, 5.74) is 2.42. The third-order valence-corrected chi connectivity index (χ3v) is 5.09. The van der Waals surface area contributed by atoms with Crippen molar-refractivity contribution in [1.29, 1.82) is 0 Å². The van der Waals surface area contributed by atoms with E-state index in [1.165, 1.54) is 18.5 Å². The smallest absolute Gasteiger partial charge is 0.212 e. The van der Waals surface area contributed by atoms with Crippen LogP contribution in [0, 0.1) is 0 Å². The minimum Gasteiger partial charge on any atom is -0.334 e. The summed E-state index contributed by atoms with van der Waals surface area (Å²) in [6.45, 7) is 2.29. The van der Waals surface area contributed by atoms with Crippen molar-refractivity contribution in [1.82, 2.24) is 14.3 Å². The number of hydrogen-bond acceptors (Lipinski definition) is 3. The Labute approximate surface area is 115 Å². The van der Waals surface area contributed by atoms with E-state index in [2.05, 4.69) is 14.3 Å². The number of unbranched alkanes of at least 4 members (excludes halogenated alkanes) is 1. The van der Waals surface area contributed by atoms with Crippen LogP contribution in [0.15, 0.2) is 0 Å². The molecule has 0 bridgehead atoms. The van der Waals surface area contributed by atoms with Gasteiger partial charge in [-0.15, -0.1) is 0 Å². The molecule has 1 aliphatic rings. The van der Waals surface area contributed by atoms with Crippen molar-refractivity contribution in [2.75, 3.05) is 5.75 Å². The van der Waals surface area contributed by atoms with Crippen LogP contribution in [0.1, 0.15) is 49.8 Å². The van der Waals surface area contributed by atoms with E-state index >= 15 is 0 Å². The van der Waals surface area contributed by atoms with Gasteiger partial charge >= 0.3 is 0 Å². The SMILES string of the molecule is CCCCS(=O)(=O)NCc1nc2c(n1C)CCCC2. The molecule has 0 saturated carbocycles. The largest absolute Gasteiger partial charge is 0.334 e. The Bertz CT molecular complexity index is 534. The fraction of sp³-hybridized carbons (Fsp3) is 0.769. The third-order valence-electron chi connectivity index (χ3n) is 3.68. The molecule has 0 atom stereocenters. The summed E-state index contributed by atoms with van der Waals surface area (Å²) in [7, 11) is -1.18. The summed E-state index contributed by atoms with van der Waals surface area (Å²) < 4.78 is 28.2. The van der Waals surface area contributed by atoms with Crippen LogP contribution in [-0.2, 0) is 36.5 Å². The first-order valence-corrected chi connectivity index (χ1v) is 8.69. The Morgan fingerprint density at radius 1 is 1.32 bits per heavy atom.